The molecule has 0 saturated carbocycles. The fourth-order valence-electron chi connectivity index (χ4n) is 2.76. The lowest BCUT2D eigenvalue weighted by Gasteiger charge is -2.35. The number of nitrogens with zero attached hydrogens (tertiary/aromatic N) is 2. The number of hydrogen-bond acceptors (Lipinski definition) is 3. The summed E-state index contributed by atoms with van der Waals surface area (Å²) in [6.07, 6.45) is 2.16. The molecule has 2 saturated heterocycles. The molecule has 1 aromatic rings. The molecule has 0 aliphatic carbocycles. The molecule has 0 unspecified atom stereocenters. The zero-order chi connectivity index (χ0) is 13.6. The normalized spacial score (nSPS) is 26.3. The van der Waals surface area contributed by atoms with E-state index in [1.165, 1.54) is 6.26 Å². The van der Waals surface area contributed by atoms with Crippen molar-refractivity contribution in [2.45, 2.75) is 18.5 Å². The van der Waals surface area contributed by atoms with Gasteiger partial charge in [-0.25, -0.2) is 4.79 Å². The van der Waals surface area contributed by atoms with Crippen molar-refractivity contribution in [1.29, 1.82) is 0 Å². The van der Waals surface area contributed by atoms with Crippen LogP contribution in [0.4, 0.5) is 4.79 Å². The molecule has 2 atom stereocenters. The molecule has 1 aromatic heterocycles. The number of rotatable bonds is 1. The van der Waals surface area contributed by atoms with Crippen molar-refractivity contribution in [2.24, 2.45) is 0 Å². The first-order valence-corrected chi connectivity index (χ1v) is 6.51. The number of likely N-dealkylation sites (N-methyl/N-ethyl adjacent to an activating group) is 1. The number of nitrogens with one attached hydrogen (secondary N) is 1. The number of hydrogen-bond donors (Lipinski definition) is 1. The van der Waals surface area contributed by atoms with Crippen LogP contribution in [0, 0.1) is 0 Å². The Morgan fingerprint density at radius 1 is 1.58 bits per heavy atom. The third-order valence-electron chi connectivity index (χ3n) is 3.84. The minimum absolute atomic E-state index is 0.0131. The van der Waals surface area contributed by atoms with E-state index in [1.54, 1.807) is 22.9 Å². The number of likely N-dealkylation sites (tertiary alicyclic amines) is 1. The Bertz CT molecular complexity index is 530. The molecular weight excluding hydrogens is 270 g/mol. The van der Waals surface area contributed by atoms with Gasteiger partial charge in [0, 0.05) is 20.1 Å². The van der Waals surface area contributed by atoms with Crippen LogP contribution in [0.1, 0.15) is 16.8 Å². The highest BCUT2D eigenvalue weighted by molar-refractivity contribution is 6.32. The Kier molecular flexibility index (Phi) is 2.89. The third-order valence-corrected chi connectivity index (χ3v) is 4.13. The van der Waals surface area contributed by atoms with Gasteiger partial charge in [0.25, 0.3) is 5.91 Å². The number of piperidine rings is 1. The number of halogens is 1. The van der Waals surface area contributed by atoms with Crippen molar-refractivity contribution >= 4 is 23.5 Å². The smallest absolute Gasteiger partial charge is 0.317 e. The van der Waals surface area contributed by atoms with Gasteiger partial charge in [0.2, 0.25) is 5.22 Å². The summed E-state index contributed by atoms with van der Waals surface area (Å²) >= 11 is 5.82. The van der Waals surface area contributed by atoms with Gasteiger partial charge >= 0.3 is 6.03 Å². The number of amides is 3. The fraction of sp³-hybridized carbons (Fsp3) is 0.500. The Hall–Kier alpha value is -1.69. The van der Waals surface area contributed by atoms with Gasteiger partial charge in [0.1, 0.15) is 0 Å². The highest BCUT2D eigenvalue weighted by Crippen LogP contribution is 2.24. The lowest BCUT2D eigenvalue weighted by molar-refractivity contribution is 0.0666. The minimum Gasteiger partial charge on any atom is -0.452 e. The molecule has 0 aromatic carbocycles. The molecule has 0 bridgehead atoms. The van der Waals surface area contributed by atoms with E-state index in [2.05, 4.69) is 5.32 Å². The molecule has 6 nitrogen and oxygen atoms in total. The number of carbonyl (C=O) groups is 2. The van der Waals surface area contributed by atoms with Crippen molar-refractivity contribution in [3.05, 3.63) is 23.1 Å². The first-order chi connectivity index (χ1) is 9.08. The lowest BCUT2D eigenvalue weighted by Crippen LogP contribution is -2.52. The lowest BCUT2D eigenvalue weighted by atomic mass is 10.00. The van der Waals surface area contributed by atoms with E-state index < -0.39 is 0 Å². The van der Waals surface area contributed by atoms with Gasteiger partial charge in [-0.3, -0.25) is 4.79 Å². The first-order valence-electron chi connectivity index (χ1n) is 6.13. The maximum Gasteiger partial charge on any atom is 0.317 e. The quantitative estimate of drug-likeness (QED) is 0.841. The molecular formula is C12H14ClN3O3. The molecule has 2 fully saturated rings. The summed E-state index contributed by atoms with van der Waals surface area (Å²) in [7, 11) is 1.78. The Morgan fingerprint density at radius 3 is 3.05 bits per heavy atom. The number of fused-ring (bicyclic) bond motifs is 1. The highest BCUT2D eigenvalue weighted by atomic mass is 35.5. The molecule has 0 spiro atoms. The summed E-state index contributed by atoms with van der Waals surface area (Å²) in [6, 6.07) is 1.64. The van der Waals surface area contributed by atoms with Crippen molar-refractivity contribution in [3.63, 3.8) is 0 Å². The summed E-state index contributed by atoms with van der Waals surface area (Å²) in [5.41, 5.74) is 0.373. The second-order valence-electron chi connectivity index (χ2n) is 4.88. The van der Waals surface area contributed by atoms with E-state index in [1.807, 2.05) is 0 Å². The summed E-state index contributed by atoms with van der Waals surface area (Å²) < 4.78 is 4.94. The first kappa shape index (κ1) is 12.3. The Labute approximate surface area is 115 Å². The molecule has 3 rings (SSSR count). The van der Waals surface area contributed by atoms with Crippen LogP contribution in [0.3, 0.4) is 0 Å². The predicted molar refractivity (Wildman–Crippen MR) is 68.1 cm³/mol. The predicted octanol–water partition coefficient (Wildman–Crippen LogP) is 1.17. The average molecular weight is 284 g/mol. The van der Waals surface area contributed by atoms with E-state index in [9.17, 15) is 9.59 Å². The van der Waals surface area contributed by atoms with E-state index in [-0.39, 0.29) is 29.2 Å². The van der Waals surface area contributed by atoms with Crippen molar-refractivity contribution in [3.8, 4) is 0 Å². The fourth-order valence-corrected chi connectivity index (χ4v) is 2.95. The van der Waals surface area contributed by atoms with Crippen LogP contribution in [0.15, 0.2) is 16.7 Å². The van der Waals surface area contributed by atoms with Crippen LogP contribution >= 0.6 is 11.6 Å². The third kappa shape index (κ3) is 1.96. The summed E-state index contributed by atoms with van der Waals surface area (Å²) in [5, 5.41) is 3.00. The number of urea groups is 1. The zero-order valence-electron chi connectivity index (χ0n) is 10.4. The van der Waals surface area contributed by atoms with Gasteiger partial charge in [-0.1, -0.05) is 0 Å². The maximum atomic E-state index is 12.3. The summed E-state index contributed by atoms with van der Waals surface area (Å²) in [6.45, 7) is 1.11. The van der Waals surface area contributed by atoms with E-state index >= 15 is 0 Å². The summed E-state index contributed by atoms with van der Waals surface area (Å²) in [5.74, 6) is -0.152. The van der Waals surface area contributed by atoms with Crippen LogP contribution in [-0.4, -0.2) is 54.0 Å². The molecule has 7 heteroatoms. The van der Waals surface area contributed by atoms with E-state index in [0.29, 0.717) is 18.7 Å². The van der Waals surface area contributed by atoms with Crippen LogP contribution in [-0.2, 0) is 0 Å². The Morgan fingerprint density at radius 2 is 2.37 bits per heavy atom. The molecule has 1 N–H and O–H groups in total. The van der Waals surface area contributed by atoms with Crippen LogP contribution in [0.5, 0.6) is 0 Å². The van der Waals surface area contributed by atoms with Crippen molar-refractivity contribution in [2.75, 3.05) is 20.1 Å². The molecule has 2 aliphatic heterocycles. The van der Waals surface area contributed by atoms with Crippen LogP contribution in [0.25, 0.3) is 0 Å². The van der Waals surface area contributed by atoms with Gasteiger partial charge in [-0.15, -0.1) is 0 Å². The maximum absolute atomic E-state index is 12.3. The van der Waals surface area contributed by atoms with Gasteiger partial charge in [0.15, 0.2) is 0 Å². The number of furan rings is 1. The second kappa shape index (κ2) is 4.45. The number of carbonyl (C=O) groups excluding carboxylic acids is 2. The second-order valence-corrected chi connectivity index (χ2v) is 5.23. The van der Waals surface area contributed by atoms with Gasteiger partial charge in [-0.05, 0) is 24.1 Å². The van der Waals surface area contributed by atoms with Gasteiger partial charge in [0.05, 0.1) is 23.9 Å². The van der Waals surface area contributed by atoms with Crippen molar-refractivity contribution < 1.29 is 14.0 Å². The average Bonchev–Trinajstić information content (AvgIpc) is 2.93. The molecule has 102 valence electrons. The minimum atomic E-state index is -0.152. The standard InChI is InChI=1S/C12H14ClN3O3/c1-15-9-2-4-16(6-8(9)14-12(15)18)11(17)7-3-5-19-10(7)13/h3,5,8-9H,2,4,6H2,1H3,(H,14,18)/t8-,9+/m1/s1. The molecule has 3 heterocycles. The monoisotopic (exact) mass is 283 g/mol. The van der Waals surface area contributed by atoms with E-state index in [0.717, 1.165) is 6.42 Å². The molecule has 0 radical (unpaired) electrons. The zero-order valence-corrected chi connectivity index (χ0v) is 11.2. The van der Waals surface area contributed by atoms with Crippen LogP contribution in [0.2, 0.25) is 5.22 Å². The topological polar surface area (TPSA) is 65.8 Å². The molecule has 3 amide bonds. The molecule has 19 heavy (non-hydrogen) atoms. The molecule has 2 aliphatic rings. The van der Waals surface area contributed by atoms with Crippen LogP contribution < -0.4 is 5.32 Å². The van der Waals surface area contributed by atoms with Gasteiger partial charge < -0.3 is 19.5 Å². The largest absolute Gasteiger partial charge is 0.452 e. The SMILES string of the molecule is CN1C(=O)N[C@@H]2CN(C(=O)c3ccoc3Cl)CC[C@@H]21. The summed E-state index contributed by atoms with van der Waals surface area (Å²) in [4.78, 5) is 27.3. The highest BCUT2D eigenvalue weighted by Gasteiger charge is 2.42. The van der Waals surface area contributed by atoms with Crippen molar-refractivity contribution in [1.82, 2.24) is 15.1 Å². The Balaban J connectivity index is 1.74. The van der Waals surface area contributed by atoms with Gasteiger partial charge in [-0.2, -0.15) is 0 Å². The van der Waals surface area contributed by atoms with E-state index in [4.69, 9.17) is 16.0 Å².